The number of nitrogens with zero attached hydrogens (tertiary/aromatic N) is 1. The van der Waals surface area contributed by atoms with Crippen LogP contribution >= 0.6 is 0 Å². The lowest BCUT2D eigenvalue weighted by molar-refractivity contribution is -0.143. The molecule has 0 aromatic rings. The molecule has 6 heteroatoms. The van der Waals surface area contributed by atoms with Crippen molar-refractivity contribution in [2.45, 2.75) is 259 Å². The molecule has 6 nitrogen and oxygen atoms in total. The van der Waals surface area contributed by atoms with Gasteiger partial charge in [0.15, 0.2) is 6.40 Å². The minimum absolute atomic E-state index is 0.00994. The van der Waals surface area contributed by atoms with E-state index in [2.05, 4.69) is 32.6 Å². The second kappa shape index (κ2) is 48.7. The monoisotopic (exact) mass is 779 g/mol. The fourth-order valence-electron chi connectivity index (χ4n) is 7.30. The van der Waals surface area contributed by atoms with Crippen LogP contribution in [-0.2, 0) is 19.1 Å². The van der Waals surface area contributed by atoms with Crippen molar-refractivity contribution in [3.63, 3.8) is 0 Å². The van der Waals surface area contributed by atoms with Gasteiger partial charge in [-0.2, -0.15) is 0 Å². The number of likely N-dealkylation sites (tertiary alicyclic amines) is 1. The largest absolute Gasteiger partial charge is 0.484 e. The van der Waals surface area contributed by atoms with E-state index in [9.17, 15) is 9.59 Å². The van der Waals surface area contributed by atoms with E-state index in [1.54, 1.807) is 6.92 Å². The number of hydrogen-bond donors (Lipinski definition) is 1. The molecule has 55 heavy (non-hydrogen) atoms. The lowest BCUT2D eigenvalue weighted by Gasteiger charge is -2.13. The fraction of sp³-hybridized carbons (Fsp3) is 0.939. The summed E-state index contributed by atoms with van der Waals surface area (Å²) in [4.78, 5) is 24.8. The summed E-state index contributed by atoms with van der Waals surface area (Å²) in [6.45, 7) is 16.0. The Morgan fingerprint density at radius 1 is 0.545 bits per heavy atom. The number of ketones is 1. The Kier molecular flexibility index (Phi) is 49.3. The molecule has 0 radical (unpaired) electrons. The highest BCUT2D eigenvalue weighted by Gasteiger charge is 2.10. The molecule has 0 saturated carbocycles. The van der Waals surface area contributed by atoms with E-state index in [1.165, 1.54) is 180 Å². The van der Waals surface area contributed by atoms with Crippen LogP contribution in [0.4, 0.5) is 0 Å². The average molecular weight is 779 g/mol. The number of esters is 1. The SMILES string of the molecule is CC(=O)CCCCCCCOC=N.CCCCCCCCC(C)CCCCCCCC.CCCCCCCCCCCOC(=O)CCCCCN1CCCC1. The Bertz CT molecular complexity index is 754. The van der Waals surface area contributed by atoms with Crippen molar-refractivity contribution in [2.24, 2.45) is 5.92 Å². The van der Waals surface area contributed by atoms with Crippen LogP contribution in [0.3, 0.4) is 0 Å². The van der Waals surface area contributed by atoms with E-state index in [4.69, 9.17) is 14.9 Å². The van der Waals surface area contributed by atoms with Crippen LogP contribution in [0.2, 0.25) is 0 Å². The van der Waals surface area contributed by atoms with Crippen LogP contribution in [0.25, 0.3) is 0 Å². The smallest absolute Gasteiger partial charge is 0.305 e. The van der Waals surface area contributed by atoms with Crippen LogP contribution in [0.1, 0.15) is 259 Å². The molecule has 1 N–H and O–H groups in total. The molecule has 328 valence electrons. The van der Waals surface area contributed by atoms with Crippen molar-refractivity contribution >= 4 is 18.2 Å². The van der Waals surface area contributed by atoms with Crippen molar-refractivity contribution in [1.82, 2.24) is 4.90 Å². The molecule has 0 amide bonds. The number of rotatable bonds is 39. The number of nitrogens with one attached hydrogen (secondary N) is 1. The first-order valence-electron chi connectivity index (χ1n) is 24.4. The van der Waals surface area contributed by atoms with E-state index in [0.29, 0.717) is 19.6 Å². The normalized spacial score (nSPS) is 12.5. The molecule has 0 atom stereocenters. The highest BCUT2D eigenvalue weighted by molar-refractivity contribution is 5.75. The van der Waals surface area contributed by atoms with E-state index in [-0.39, 0.29) is 11.8 Å². The quantitative estimate of drug-likeness (QED) is 0.0291. The van der Waals surface area contributed by atoms with E-state index < -0.39 is 0 Å². The maximum absolute atomic E-state index is 11.7. The van der Waals surface area contributed by atoms with Gasteiger partial charge in [0.05, 0.1) is 13.2 Å². The number of ether oxygens (including phenoxy) is 2. The minimum atomic E-state index is 0.00994. The molecule has 0 spiro atoms. The maximum atomic E-state index is 11.7. The molecule has 1 aliphatic heterocycles. The Morgan fingerprint density at radius 3 is 1.42 bits per heavy atom. The van der Waals surface area contributed by atoms with Crippen LogP contribution in [-0.4, -0.2) is 55.9 Å². The van der Waals surface area contributed by atoms with Gasteiger partial charge < -0.3 is 19.2 Å². The van der Waals surface area contributed by atoms with Crippen molar-refractivity contribution in [3.05, 3.63) is 0 Å². The van der Waals surface area contributed by atoms with Gasteiger partial charge in [0.2, 0.25) is 0 Å². The number of carbonyl (C=O) groups excluding carboxylic acids is 2. The second-order valence-electron chi connectivity index (χ2n) is 16.8. The molecular formula is C49H98N2O4. The van der Waals surface area contributed by atoms with Crippen molar-refractivity contribution < 1.29 is 19.1 Å². The summed E-state index contributed by atoms with van der Waals surface area (Å²) in [5.74, 6) is 1.27. The zero-order chi connectivity index (χ0) is 40.7. The molecule has 1 fully saturated rings. The van der Waals surface area contributed by atoms with E-state index >= 15 is 0 Å². The van der Waals surface area contributed by atoms with Crippen LogP contribution in [0.5, 0.6) is 0 Å². The fourth-order valence-corrected chi connectivity index (χ4v) is 7.30. The lowest BCUT2D eigenvalue weighted by atomic mass is 9.96. The summed E-state index contributed by atoms with van der Waals surface area (Å²) < 4.78 is 10.1. The molecule has 0 aliphatic carbocycles. The van der Waals surface area contributed by atoms with Crippen LogP contribution in [0, 0.1) is 11.3 Å². The number of Topliss-reactive ketones (excluding diaryl/α,β-unsaturated/α-hetero) is 1. The first kappa shape index (κ1) is 55.7. The predicted molar refractivity (Wildman–Crippen MR) is 241 cm³/mol. The standard InChI is InChI=1S/C21H41NO2.C18H38.C10H19NO2/c1-2-3-4-5-6-7-8-9-15-20-24-21(23)16-11-10-12-17-22-18-13-14-19-22;1-4-6-8-10-12-14-16-18(3)17-15-13-11-9-7-5-2;1-10(12)7-5-3-2-4-6-8-13-9-11/h2-20H2,1H3;18H,4-17H2,1-3H3;9,11H,2-8H2,1H3. The van der Waals surface area contributed by atoms with Crippen molar-refractivity contribution in [2.75, 3.05) is 32.8 Å². The first-order valence-corrected chi connectivity index (χ1v) is 24.4. The van der Waals surface area contributed by atoms with Crippen LogP contribution in [0.15, 0.2) is 0 Å². The molecule has 1 heterocycles. The van der Waals surface area contributed by atoms with Gasteiger partial charge in [-0.3, -0.25) is 10.2 Å². The van der Waals surface area contributed by atoms with Gasteiger partial charge in [0.1, 0.15) is 5.78 Å². The van der Waals surface area contributed by atoms with Crippen molar-refractivity contribution in [3.8, 4) is 0 Å². The number of unbranched alkanes of at least 4 members (excludes halogenated alkanes) is 24. The zero-order valence-electron chi connectivity index (χ0n) is 38.0. The zero-order valence-corrected chi connectivity index (χ0v) is 38.0. The first-order chi connectivity index (χ1) is 26.9. The van der Waals surface area contributed by atoms with Crippen LogP contribution < -0.4 is 0 Å². The second-order valence-corrected chi connectivity index (χ2v) is 16.8. The Balaban J connectivity index is 0. The Morgan fingerprint density at radius 2 is 0.945 bits per heavy atom. The molecule has 0 aromatic heterocycles. The van der Waals surface area contributed by atoms with Gasteiger partial charge in [-0.05, 0) is 77.4 Å². The number of carbonyl (C=O) groups is 2. The molecule has 0 aromatic carbocycles. The average Bonchev–Trinajstić information content (AvgIpc) is 3.70. The summed E-state index contributed by atoms with van der Waals surface area (Å²) in [5.41, 5.74) is 0. The minimum Gasteiger partial charge on any atom is -0.484 e. The van der Waals surface area contributed by atoms with Gasteiger partial charge in [-0.1, -0.05) is 195 Å². The molecule has 0 bridgehead atoms. The van der Waals surface area contributed by atoms with Gasteiger partial charge in [0.25, 0.3) is 0 Å². The third-order valence-corrected chi connectivity index (χ3v) is 11.0. The molecule has 0 unspecified atom stereocenters. The highest BCUT2D eigenvalue weighted by Crippen LogP contribution is 2.18. The Labute approximate surface area is 344 Å². The summed E-state index contributed by atoms with van der Waals surface area (Å²) >= 11 is 0. The third-order valence-electron chi connectivity index (χ3n) is 11.0. The van der Waals surface area contributed by atoms with Gasteiger partial charge in [0, 0.05) is 12.8 Å². The van der Waals surface area contributed by atoms with Gasteiger partial charge in [-0.15, -0.1) is 0 Å². The summed E-state index contributed by atoms with van der Waals surface area (Å²) in [6, 6.07) is 0. The summed E-state index contributed by atoms with van der Waals surface area (Å²) in [5, 5.41) is 6.61. The molecule has 1 saturated heterocycles. The third kappa shape index (κ3) is 50.6. The molecule has 1 aliphatic rings. The summed E-state index contributed by atoms with van der Waals surface area (Å²) in [7, 11) is 0. The van der Waals surface area contributed by atoms with Gasteiger partial charge >= 0.3 is 5.97 Å². The lowest BCUT2D eigenvalue weighted by Crippen LogP contribution is -2.20. The molecule has 1 rings (SSSR count). The van der Waals surface area contributed by atoms with Gasteiger partial charge in [-0.25, -0.2) is 0 Å². The predicted octanol–water partition coefficient (Wildman–Crippen LogP) is 15.4. The Hall–Kier alpha value is -1.43. The van der Waals surface area contributed by atoms with E-state index in [1.807, 2.05) is 0 Å². The topological polar surface area (TPSA) is 79.7 Å². The van der Waals surface area contributed by atoms with E-state index in [0.717, 1.165) is 70.1 Å². The highest BCUT2D eigenvalue weighted by atomic mass is 16.5. The maximum Gasteiger partial charge on any atom is 0.305 e. The molecular weight excluding hydrogens is 681 g/mol. The summed E-state index contributed by atoms with van der Waals surface area (Å²) in [6.07, 6.45) is 45.9. The number of hydrogen-bond acceptors (Lipinski definition) is 6. The van der Waals surface area contributed by atoms with Crippen molar-refractivity contribution in [1.29, 1.82) is 5.41 Å².